The minimum Gasteiger partial charge on any atom is -0.465 e. The molecule has 0 aliphatic carbocycles. The van der Waals surface area contributed by atoms with Crippen LogP contribution in [0.25, 0.3) is 0 Å². The molecule has 0 spiro atoms. The lowest BCUT2D eigenvalue weighted by Gasteiger charge is -2.33. The summed E-state index contributed by atoms with van der Waals surface area (Å²) in [5.74, 6) is -0.248. The summed E-state index contributed by atoms with van der Waals surface area (Å²) in [6.45, 7) is 10.2. The minimum absolute atomic E-state index is 0.0400. The lowest BCUT2D eigenvalue weighted by molar-refractivity contribution is -0.147. The third-order valence-electron chi connectivity index (χ3n) is 3.30. The zero-order chi connectivity index (χ0) is 15.1. The fourth-order valence-corrected chi connectivity index (χ4v) is 2.11. The molecule has 1 aliphatic heterocycles. The van der Waals surface area contributed by atoms with Crippen LogP contribution in [0.1, 0.15) is 27.7 Å². The van der Waals surface area contributed by atoms with Crippen LogP contribution in [-0.4, -0.2) is 73.2 Å². The second-order valence-electron chi connectivity index (χ2n) is 5.32. The molecule has 1 atom stereocenters. The number of esters is 1. The Morgan fingerprint density at radius 3 is 2.65 bits per heavy atom. The molecule has 0 bridgehead atoms. The van der Waals surface area contributed by atoms with E-state index in [1.54, 1.807) is 11.8 Å². The van der Waals surface area contributed by atoms with E-state index < -0.39 is 0 Å². The predicted octanol–water partition coefficient (Wildman–Crippen LogP) is 0.507. The van der Waals surface area contributed by atoms with Gasteiger partial charge in [-0.1, -0.05) is 0 Å². The van der Waals surface area contributed by atoms with Crippen LogP contribution in [0.4, 0.5) is 0 Å². The van der Waals surface area contributed by atoms with Gasteiger partial charge in [0, 0.05) is 19.1 Å². The summed E-state index contributed by atoms with van der Waals surface area (Å²) in [5.41, 5.74) is 0. The van der Waals surface area contributed by atoms with Gasteiger partial charge in [-0.05, 0) is 27.7 Å². The van der Waals surface area contributed by atoms with Crippen LogP contribution in [0.3, 0.4) is 0 Å². The van der Waals surface area contributed by atoms with Gasteiger partial charge >= 0.3 is 5.97 Å². The molecule has 1 amide bonds. The van der Waals surface area contributed by atoms with Gasteiger partial charge in [0.2, 0.25) is 5.91 Å². The van der Waals surface area contributed by atoms with Crippen molar-refractivity contribution in [3.8, 4) is 0 Å². The lowest BCUT2D eigenvalue weighted by Crippen LogP contribution is -2.50. The highest BCUT2D eigenvalue weighted by molar-refractivity contribution is 5.79. The average molecular weight is 286 g/mol. The van der Waals surface area contributed by atoms with Gasteiger partial charge in [0.25, 0.3) is 0 Å². The largest absolute Gasteiger partial charge is 0.465 e. The molecule has 1 aliphatic rings. The van der Waals surface area contributed by atoms with E-state index in [9.17, 15) is 9.59 Å². The Bertz CT molecular complexity index is 333. The predicted molar refractivity (Wildman–Crippen MR) is 75.3 cm³/mol. The van der Waals surface area contributed by atoms with Crippen molar-refractivity contribution in [3.05, 3.63) is 0 Å². The van der Waals surface area contributed by atoms with Crippen molar-refractivity contribution >= 4 is 11.9 Å². The molecule has 0 N–H and O–H groups in total. The van der Waals surface area contributed by atoms with Crippen LogP contribution in [0, 0.1) is 0 Å². The van der Waals surface area contributed by atoms with E-state index in [-0.39, 0.29) is 37.1 Å². The number of rotatable bonds is 6. The Morgan fingerprint density at radius 1 is 1.40 bits per heavy atom. The van der Waals surface area contributed by atoms with E-state index in [1.807, 2.05) is 25.7 Å². The Kier molecular flexibility index (Phi) is 6.95. The number of hydrogen-bond acceptors (Lipinski definition) is 5. The average Bonchev–Trinajstić information content (AvgIpc) is 2.38. The van der Waals surface area contributed by atoms with Crippen molar-refractivity contribution < 1.29 is 19.1 Å². The van der Waals surface area contributed by atoms with Gasteiger partial charge in [-0.2, -0.15) is 0 Å². The zero-order valence-electron chi connectivity index (χ0n) is 12.9. The number of carbonyl (C=O) groups excluding carboxylic acids is 2. The van der Waals surface area contributed by atoms with Crippen LogP contribution in [0.2, 0.25) is 0 Å². The molecule has 1 unspecified atom stereocenters. The van der Waals surface area contributed by atoms with Crippen molar-refractivity contribution in [3.63, 3.8) is 0 Å². The quantitative estimate of drug-likeness (QED) is 0.666. The maximum absolute atomic E-state index is 12.3. The fraction of sp³-hybridized carbons (Fsp3) is 0.857. The number of ether oxygens (including phenoxy) is 2. The number of hydrogen-bond donors (Lipinski definition) is 0. The van der Waals surface area contributed by atoms with Gasteiger partial charge < -0.3 is 14.4 Å². The van der Waals surface area contributed by atoms with Crippen LogP contribution >= 0.6 is 0 Å². The zero-order valence-corrected chi connectivity index (χ0v) is 12.9. The second kappa shape index (κ2) is 8.21. The van der Waals surface area contributed by atoms with Crippen LogP contribution in [0.15, 0.2) is 0 Å². The highest BCUT2D eigenvalue weighted by Crippen LogP contribution is 2.07. The fourth-order valence-electron chi connectivity index (χ4n) is 2.11. The van der Waals surface area contributed by atoms with Gasteiger partial charge in [0.05, 0.1) is 32.4 Å². The van der Waals surface area contributed by atoms with Crippen molar-refractivity contribution in [2.75, 3.05) is 39.4 Å². The molecule has 6 heteroatoms. The molecule has 0 saturated carbocycles. The van der Waals surface area contributed by atoms with E-state index >= 15 is 0 Å². The van der Waals surface area contributed by atoms with Crippen molar-refractivity contribution in [1.29, 1.82) is 0 Å². The van der Waals surface area contributed by atoms with E-state index in [0.717, 1.165) is 0 Å². The van der Waals surface area contributed by atoms with Crippen LogP contribution in [0.5, 0.6) is 0 Å². The molecule has 20 heavy (non-hydrogen) atoms. The third-order valence-corrected chi connectivity index (χ3v) is 3.30. The monoisotopic (exact) mass is 286 g/mol. The third kappa shape index (κ3) is 5.46. The standard InChI is InChI=1S/C14H26N2O4/c1-5-19-14(18)10-16(11(2)3)9-13(17)15-6-7-20-12(4)8-15/h11-12H,5-10H2,1-4H3. The molecule has 1 saturated heterocycles. The molecule has 1 heterocycles. The Labute approximate surface area is 121 Å². The van der Waals surface area contributed by atoms with Crippen molar-refractivity contribution in [1.82, 2.24) is 9.80 Å². The first-order valence-corrected chi connectivity index (χ1v) is 7.23. The smallest absolute Gasteiger partial charge is 0.320 e. The molecule has 1 rings (SSSR count). The summed E-state index contributed by atoms with van der Waals surface area (Å²) in [6, 6.07) is 0.113. The maximum atomic E-state index is 12.3. The number of amides is 1. The number of carbonyl (C=O) groups is 2. The molecular weight excluding hydrogens is 260 g/mol. The lowest BCUT2D eigenvalue weighted by atomic mass is 10.2. The summed E-state index contributed by atoms with van der Waals surface area (Å²) >= 11 is 0. The highest BCUT2D eigenvalue weighted by atomic mass is 16.5. The minimum atomic E-state index is -0.288. The summed E-state index contributed by atoms with van der Waals surface area (Å²) in [6.07, 6.45) is 0.0743. The molecule has 116 valence electrons. The van der Waals surface area contributed by atoms with Gasteiger partial charge in [0.15, 0.2) is 0 Å². The summed E-state index contributed by atoms with van der Waals surface area (Å²) in [5, 5.41) is 0. The molecule has 0 aromatic rings. The van der Waals surface area contributed by atoms with Gasteiger partial charge in [-0.3, -0.25) is 14.5 Å². The summed E-state index contributed by atoms with van der Waals surface area (Å²) < 4.78 is 10.4. The Morgan fingerprint density at radius 2 is 2.10 bits per heavy atom. The molecule has 6 nitrogen and oxygen atoms in total. The highest BCUT2D eigenvalue weighted by Gasteiger charge is 2.25. The molecule has 0 aromatic carbocycles. The Balaban J connectivity index is 2.51. The van der Waals surface area contributed by atoms with Crippen LogP contribution in [-0.2, 0) is 19.1 Å². The summed E-state index contributed by atoms with van der Waals surface area (Å²) in [7, 11) is 0. The first-order chi connectivity index (χ1) is 9.43. The molecular formula is C14H26N2O4. The van der Waals surface area contributed by atoms with Gasteiger partial charge in [0.1, 0.15) is 0 Å². The first kappa shape index (κ1) is 16.9. The molecule has 0 radical (unpaired) electrons. The van der Waals surface area contributed by atoms with E-state index in [2.05, 4.69) is 0 Å². The normalized spacial score (nSPS) is 19.5. The van der Waals surface area contributed by atoms with Crippen molar-refractivity contribution in [2.45, 2.75) is 39.8 Å². The van der Waals surface area contributed by atoms with Crippen molar-refractivity contribution in [2.24, 2.45) is 0 Å². The topological polar surface area (TPSA) is 59.1 Å². The van der Waals surface area contributed by atoms with E-state index in [1.165, 1.54) is 0 Å². The summed E-state index contributed by atoms with van der Waals surface area (Å²) in [4.78, 5) is 27.5. The number of morpholine rings is 1. The number of nitrogens with zero attached hydrogens (tertiary/aromatic N) is 2. The Hall–Kier alpha value is -1.14. The SMILES string of the molecule is CCOC(=O)CN(CC(=O)N1CCOC(C)C1)C(C)C. The molecule has 1 fully saturated rings. The molecule has 0 aromatic heterocycles. The van der Waals surface area contributed by atoms with Crippen LogP contribution < -0.4 is 0 Å². The maximum Gasteiger partial charge on any atom is 0.320 e. The van der Waals surface area contributed by atoms with E-state index in [0.29, 0.717) is 26.3 Å². The van der Waals surface area contributed by atoms with Gasteiger partial charge in [-0.15, -0.1) is 0 Å². The first-order valence-electron chi connectivity index (χ1n) is 7.23. The van der Waals surface area contributed by atoms with E-state index in [4.69, 9.17) is 9.47 Å². The van der Waals surface area contributed by atoms with Gasteiger partial charge in [-0.25, -0.2) is 0 Å². The second-order valence-corrected chi connectivity index (χ2v) is 5.32.